The molecule has 1 saturated carbocycles. The van der Waals surface area contributed by atoms with Crippen molar-refractivity contribution in [2.24, 2.45) is 5.92 Å². The minimum Gasteiger partial charge on any atom is -0.352 e. The first kappa shape index (κ1) is 14.8. The monoisotopic (exact) mass is 301 g/mol. The zero-order valence-electron chi connectivity index (χ0n) is 12.5. The molecule has 3 rings (SSSR count). The van der Waals surface area contributed by atoms with Crippen LogP contribution < -0.4 is 5.32 Å². The van der Waals surface area contributed by atoms with Gasteiger partial charge in [0.25, 0.3) is 5.91 Å². The van der Waals surface area contributed by atoms with Crippen LogP contribution in [0.2, 0.25) is 0 Å². The van der Waals surface area contributed by atoms with E-state index in [1.807, 2.05) is 0 Å². The molecule has 0 bridgehead atoms. The van der Waals surface area contributed by atoms with Gasteiger partial charge in [0.05, 0.1) is 11.8 Å². The molecule has 4 nitrogen and oxygen atoms in total. The summed E-state index contributed by atoms with van der Waals surface area (Å²) < 4.78 is 15.1. The molecule has 116 valence electrons. The number of carbonyl (C=O) groups excluding carboxylic acids is 1. The number of benzene rings is 1. The summed E-state index contributed by atoms with van der Waals surface area (Å²) in [6.45, 7) is 0.712. The van der Waals surface area contributed by atoms with Gasteiger partial charge in [-0.3, -0.25) is 4.79 Å². The van der Waals surface area contributed by atoms with E-state index < -0.39 is 0 Å². The molecule has 1 aromatic carbocycles. The summed E-state index contributed by atoms with van der Waals surface area (Å²) in [5.41, 5.74) is 0.799. The Hall–Kier alpha value is -2.17. The smallest absolute Gasteiger partial charge is 0.254 e. The molecule has 0 aliphatic heterocycles. The van der Waals surface area contributed by atoms with Crippen molar-refractivity contribution in [3.63, 3.8) is 0 Å². The summed E-state index contributed by atoms with van der Waals surface area (Å²) in [4.78, 5) is 12.2. The summed E-state index contributed by atoms with van der Waals surface area (Å²) >= 11 is 0. The second kappa shape index (κ2) is 6.73. The maximum Gasteiger partial charge on any atom is 0.254 e. The van der Waals surface area contributed by atoms with E-state index in [1.165, 1.54) is 49.0 Å². The Kier molecular flexibility index (Phi) is 4.51. The van der Waals surface area contributed by atoms with E-state index in [9.17, 15) is 9.18 Å². The molecule has 1 aliphatic carbocycles. The Morgan fingerprint density at radius 1 is 1.27 bits per heavy atom. The molecule has 0 unspecified atom stereocenters. The largest absolute Gasteiger partial charge is 0.352 e. The maximum atomic E-state index is 13.7. The van der Waals surface area contributed by atoms with E-state index >= 15 is 0 Å². The van der Waals surface area contributed by atoms with Crippen LogP contribution >= 0.6 is 0 Å². The molecule has 1 heterocycles. The normalized spacial score (nSPS) is 15.7. The van der Waals surface area contributed by atoms with Crippen molar-refractivity contribution >= 4 is 5.91 Å². The molecule has 0 atom stereocenters. The van der Waals surface area contributed by atoms with Gasteiger partial charge in [-0.25, -0.2) is 9.07 Å². The summed E-state index contributed by atoms with van der Waals surface area (Å²) in [7, 11) is 0. The number of amides is 1. The van der Waals surface area contributed by atoms with Gasteiger partial charge < -0.3 is 5.32 Å². The van der Waals surface area contributed by atoms with Gasteiger partial charge in [-0.15, -0.1) is 0 Å². The molecule has 2 aromatic rings. The highest BCUT2D eigenvalue weighted by atomic mass is 19.1. The fraction of sp³-hybridized carbons (Fsp3) is 0.412. The van der Waals surface area contributed by atoms with Gasteiger partial charge in [0.1, 0.15) is 11.5 Å². The van der Waals surface area contributed by atoms with Gasteiger partial charge in [0.15, 0.2) is 0 Å². The molecule has 1 aliphatic rings. The number of rotatable bonds is 4. The average Bonchev–Trinajstić information content (AvgIpc) is 3.04. The van der Waals surface area contributed by atoms with Crippen LogP contribution in [-0.2, 0) is 0 Å². The van der Waals surface area contributed by atoms with Crippen molar-refractivity contribution in [1.82, 2.24) is 15.1 Å². The van der Waals surface area contributed by atoms with Crippen LogP contribution in [0.25, 0.3) is 5.69 Å². The molecular formula is C17H20FN3O. The van der Waals surface area contributed by atoms with Crippen LogP contribution in [0.4, 0.5) is 4.39 Å². The Morgan fingerprint density at radius 3 is 2.82 bits per heavy atom. The third-order valence-electron chi connectivity index (χ3n) is 4.22. The Balaban J connectivity index is 1.63. The maximum absolute atomic E-state index is 13.7. The van der Waals surface area contributed by atoms with Gasteiger partial charge in [-0.2, -0.15) is 5.10 Å². The first-order valence-corrected chi connectivity index (χ1v) is 7.82. The quantitative estimate of drug-likeness (QED) is 0.941. The molecule has 5 heteroatoms. The lowest BCUT2D eigenvalue weighted by Crippen LogP contribution is -2.30. The summed E-state index contributed by atoms with van der Waals surface area (Å²) in [5.74, 6) is 0.0761. The number of nitrogens with zero attached hydrogens (tertiary/aromatic N) is 2. The van der Waals surface area contributed by atoms with Crippen LogP contribution in [0.5, 0.6) is 0 Å². The number of para-hydroxylation sites is 1. The molecule has 1 aromatic heterocycles. The molecule has 22 heavy (non-hydrogen) atoms. The van der Waals surface area contributed by atoms with Gasteiger partial charge in [0.2, 0.25) is 0 Å². The highest BCUT2D eigenvalue weighted by Crippen LogP contribution is 2.22. The average molecular weight is 301 g/mol. The number of hydrogen-bond acceptors (Lipinski definition) is 2. The summed E-state index contributed by atoms with van der Waals surface area (Å²) in [6.07, 6.45) is 9.23. The fourth-order valence-corrected chi connectivity index (χ4v) is 2.94. The van der Waals surface area contributed by atoms with Crippen molar-refractivity contribution in [2.45, 2.75) is 32.1 Å². The van der Waals surface area contributed by atoms with E-state index in [0.717, 1.165) is 0 Å². The molecule has 0 saturated heterocycles. The Bertz CT molecular complexity index is 647. The van der Waals surface area contributed by atoms with Crippen LogP contribution in [0.15, 0.2) is 36.7 Å². The van der Waals surface area contributed by atoms with E-state index in [4.69, 9.17) is 0 Å². The van der Waals surface area contributed by atoms with Crippen molar-refractivity contribution in [1.29, 1.82) is 0 Å². The second-order valence-corrected chi connectivity index (χ2v) is 5.84. The summed E-state index contributed by atoms with van der Waals surface area (Å²) in [6, 6.07) is 6.37. The van der Waals surface area contributed by atoms with E-state index in [0.29, 0.717) is 23.7 Å². The number of halogens is 1. The molecule has 0 spiro atoms. The SMILES string of the molecule is O=C(NCC1CCCCC1)c1cnn(-c2ccccc2F)c1. The van der Waals surface area contributed by atoms with Crippen LogP contribution in [0.1, 0.15) is 42.5 Å². The van der Waals surface area contributed by atoms with Crippen LogP contribution in [-0.4, -0.2) is 22.2 Å². The first-order chi connectivity index (χ1) is 10.7. The standard InChI is InChI=1S/C17H20FN3O/c18-15-8-4-5-9-16(15)21-12-14(11-20-21)17(22)19-10-13-6-2-1-3-7-13/h4-5,8-9,11-13H,1-3,6-7,10H2,(H,19,22). The topological polar surface area (TPSA) is 46.9 Å². The van der Waals surface area contributed by atoms with E-state index in [-0.39, 0.29) is 11.7 Å². The lowest BCUT2D eigenvalue weighted by Gasteiger charge is -2.21. The van der Waals surface area contributed by atoms with Crippen LogP contribution in [0.3, 0.4) is 0 Å². The van der Waals surface area contributed by atoms with Crippen molar-refractivity contribution in [2.75, 3.05) is 6.54 Å². The predicted molar refractivity (Wildman–Crippen MR) is 82.4 cm³/mol. The minimum atomic E-state index is -0.361. The van der Waals surface area contributed by atoms with E-state index in [1.54, 1.807) is 24.4 Å². The highest BCUT2D eigenvalue weighted by molar-refractivity contribution is 5.93. The summed E-state index contributed by atoms with van der Waals surface area (Å²) in [5, 5.41) is 7.04. The number of hydrogen-bond donors (Lipinski definition) is 1. The number of carbonyl (C=O) groups is 1. The Labute approximate surface area is 129 Å². The zero-order valence-corrected chi connectivity index (χ0v) is 12.5. The Morgan fingerprint density at radius 2 is 2.05 bits per heavy atom. The number of aromatic nitrogens is 2. The fourth-order valence-electron chi connectivity index (χ4n) is 2.94. The van der Waals surface area contributed by atoms with Crippen molar-refractivity contribution in [3.8, 4) is 5.69 Å². The molecule has 1 fully saturated rings. The van der Waals surface area contributed by atoms with Gasteiger partial charge in [0, 0.05) is 12.7 Å². The third-order valence-corrected chi connectivity index (χ3v) is 4.22. The second-order valence-electron chi connectivity index (χ2n) is 5.84. The number of nitrogens with one attached hydrogen (secondary N) is 1. The lowest BCUT2D eigenvalue weighted by atomic mass is 9.89. The first-order valence-electron chi connectivity index (χ1n) is 7.82. The van der Waals surface area contributed by atoms with Gasteiger partial charge in [-0.1, -0.05) is 31.4 Å². The van der Waals surface area contributed by atoms with Crippen molar-refractivity contribution < 1.29 is 9.18 Å². The lowest BCUT2D eigenvalue weighted by molar-refractivity contribution is 0.0943. The van der Waals surface area contributed by atoms with Gasteiger partial charge >= 0.3 is 0 Å². The zero-order chi connectivity index (χ0) is 15.4. The van der Waals surface area contributed by atoms with Crippen LogP contribution in [0, 0.1) is 11.7 Å². The van der Waals surface area contributed by atoms with Crippen molar-refractivity contribution in [3.05, 3.63) is 48.0 Å². The molecule has 1 amide bonds. The predicted octanol–water partition coefficient (Wildman–Crippen LogP) is 3.32. The third kappa shape index (κ3) is 3.35. The minimum absolute atomic E-state index is 0.145. The highest BCUT2D eigenvalue weighted by Gasteiger charge is 2.16. The molecule has 1 N–H and O–H groups in total. The molecular weight excluding hydrogens is 281 g/mol. The molecule has 0 radical (unpaired) electrons. The van der Waals surface area contributed by atoms with E-state index in [2.05, 4.69) is 10.4 Å². The van der Waals surface area contributed by atoms with Gasteiger partial charge in [-0.05, 0) is 30.9 Å².